The number of aromatic nitrogens is 1. The number of hydrogen-bond donors (Lipinski definition) is 2. The minimum Gasteiger partial charge on any atom is -0.395 e. The first-order chi connectivity index (χ1) is 8.96. The van der Waals surface area contributed by atoms with Crippen molar-refractivity contribution in [2.24, 2.45) is 0 Å². The molecular formula is C12H18F3N3O. The highest BCUT2D eigenvalue weighted by Crippen LogP contribution is 2.23. The van der Waals surface area contributed by atoms with Gasteiger partial charge in [-0.2, -0.15) is 13.2 Å². The van der Waals surface area contributed by atoms with Gasteiger partial charge in [-0.3, -0.25) is 0 Å². The standard InChI is InChI=1S/C12H18F3N3O/c1-2-4-16-11-8-10(3-5-17-11)18(6-7-19)9-12(13,14)15/h3,5,8,19H,2,4,6-7,9H2,1H3,(H,16,17). The zero-order valence-electron chi connectivity index (χ0n) is 10.7. The number of hydrogen-bond acceptors (Lipinski definition) is 4. The van der Waals surface area contributed by atoms with Crippen molar-refractivity contribution in [2.45, 2.75) is 19.5 Å². The molecule has 0 unspecified atom stereocenters. The van der Waals surface area contributed by atoms with Gasteiger partial charge in [-0.1, -0.05) is 6.92 Å². The van der Waals surface area contributed by atoms with E-state index in [4.69, 9.17) is 5.11 Å². The van der Waals surface area contributed by atoms with E-state index in [0.717, 1.165) is 11.3 Å². The first-order valence-corrected chi connectivity index (χ1v) is 6.08. The van der Waals surface area contributed by atoms with Crippen LogP contribution in [0.25, 0.3) is 0 Å². The molecule has 0 bridgehead atoms. The third-order valence-electron chi connectivity index (χ3n) is 2.40. The van der Waals surface area contributed by atoms with Crippen molar-refractivity contribution in [3.8, 4) is 0 Å². The average Bonchev–Trinajstić information content (AvgIpc) is 2.35. The summed E-state index contributed by atoms with van der Waals surface area (Å²) in [6.45, 7) is 1.19. The minimum absolute atomic E-state index is 0.0727. The van der Waals surface area contributed by atoms with Crippen molar-refractivity contribution in [1.82, 2.24) is 4.98 Å². The number of halogens is 3. The van der Waals surface area contributed by atoms with E-state index in [1.54, 1.807) is 6.07 Å². The Morgan fingerprint density at radius 3 is 2.74 bits per heavy atom. The summed E-state index contributed by atoms with van der Waals surface area (Å²) < 4.78 is 37.4. The number of anilines is 2. The third-order valence-corrected chi connectivity index (χ3v) is 2.40. The Bertz CT molecular complexity index is 385. The van der Waals surface area contributed by atoms with E-state index >= 15 is 0 Å². The van der Waals surface area contributed by atoms with Crippen molar-refractivity contribution in [2.75, 3.05) is 36.5 Å². The summed E-state index contributed by atoms with van der Waals surface area (Å²) in [4.78, 5) is 5.12. The highest BCUT2D eigenvalue weighted by molar-refractivity contribution is 5.54. The minimum atomic E-state index is -4.31. The van der Waals surface area contributed by atoms with Gasteiger partial charge in [-0.05, 0) is 12.5 Å². The molecule has 0 fully saturated rings. The second-order valence-electron chi connectivity index (χ2n) is 4.09. The van der Waals surface area contributed by atoms with Gasteiger partial charge in [0.2, 0.25) is 0 Å². The molecule has 0 radical (unpaired) electrons. The molecule has 0 amide bonds. The molecule has 0 aliphatic rings. The topological polar surface area (TPSA) is 48.4 Å². The maximum absolute atomic E-state index is 12.5. The van der Waals surface area contributed by atoms with Gasteiger partial charge in [0.05, 0.1) is 6.61 Å². The molecule has 0 atom stereocenters. The zero-order chi connectivity index (χ0) is 14.3. The molecular weight excluding hydrogens is 259 g/mol. The maximum Gasteiger partial charge on any atom is 0.405 e. The molecule has 1 aromatic heterocycles. The van der Waals surface area contributed by atoms with Gasteiger partial charge in [-0.25, -0.2) is 4.98 Å². The highest BCUT2D eigenvalue weighted by Gasteiger charge is 2.30. The van der Waals surface area contributed by atoms with Gasteiger partial charge in [0.1, 0.15) is 12.4 Å². The fraction of sp³-hybridized carbons (Fsp3) is 0.583. The van der Waals surface area contributed by atoms with Crippen molar-refractivity contribution in [3.05, 3.63) is 18.3 Å². The molecule has 1 rings (SSSR count). The van der Waals surface area contributed by atoms with Crippen LogP contribution in [0.1, 0.15) is 13.3 Å². The van der Waals surface area contributed by atoms with Crippen LogP contribution in [0.2, 0.25) is 0 Å². The quantitative estimate of drug-likeness (QED) is 0.802. The third kappa shape index (κ3) is 5.78. The molecule has 0 saturated heterocycles. The van der Waals surface area contributed by atoms with Crippen LogP contribution in [-0.4, -0.2) is 42.5 Å². The van der Waals surface area contributed by atoms with E-state index in [0.29, 0.717) is 18.1 Å². The van der Waals surface area contributed by atoms with Crippen LogP contribution in [0.15, 0.2) is 18.3 Å². The molecule has 0 aliphatic carbocycles. The Labute approximate surface area is 110 Å². The van der Waals surface area contributed by atoms with E-state index in [2.05, 4.69) is 10.3 Å². The second kappa shape index (κ2) is 7.18. The summed E-state index contributed by atoms with van der Waals surface area (Å²) in [5.41, 5.74) is 0.389. The molecule has 0 saturated carbocycles. The largest absolute Gasteiger partial charge is 0.405 e. The summed E-state index contributed by atoms with van der Waals surface area (Å²) in [7, 11) is 0. The number of pyridine rings is 1. The van der Waals surface area contributed by atoms with Crippen LogP contribution in [0.4, 0.5) is 24.7 Å². The predicted octanol–water partition coefficient (Wildman–Crippen LogP) is 2.26. The number of nitrogens with zero attached hydrogens (tertiary/aromatic N) is 2. The van der Waals surface area contributed by atoms with Crippen molar-refractivity contribution < 1.29 is 18.3 Å². The lowest BCUT2D eigenvalue weighted by atomic mass is 10.3. The summed E-state index contributed by atoms with van der Waals surface area (Å²) >= 11 is 0. The monoisotopic (exact) mass is 277 g/mol. The Morgan fingerprint density at radius 1 is 1.42 bits per heavy atom. The van der Waals surface area contributed by atoms with Gasteiger partial charge in [-0.15, -0.1) is 0 Å². The van der Waals surface area contributed by atoms with Gasteiger partial charge < -0.3 is 15.3 Å². The van der Waals surface area contributed by atoms with E-state index in [1.807, 2.05) is 6.92 Å². The Kier molecular flexibility index (Phi) is 5.88. The molecule has 0 aliphatic heterocycles. The number of aliphatic hydroxyl groups excluding tert-OH is 1. The average molecular weight is 277 g/mol. The number of alkyl halides is 3. The Morgan fingerprint density at radius 2 is 2.16 bits per heavy atom. The summed E-state index contributed by atoms with van der Waals surface area (Å²) in [6, 6.07) is 3.05. The van der Waals surface area contributed by atoms with E-state index in [1.165, 1.54) is 12.3 Å². The molecule has 0 spiro atoms. The fourth-order valence-corrected chi connectivity index (χ4v) is 1.60. The Hall–Kier alpha value is -1.50. The summed E-state index contributed by atoms with van der Waals surface area (Å²) in [5.74, 6) is 0.532. The SMILES string of the molecule is CCCNc1cc(N(CCO)CC(F)(F)F)ccn1. The van der Waals surface area contributed by atoms with Gasteiger partial charge >= 0.3 is 6.18 Å². The zero-order valence-corrected chi connectivity index (χ0v) is 10.7. The van der Waals surface area contributed by atoms with Crippen molar-refractivity contribution >= 4 is 11.5 Å². The van der Waals surface area contributed by atoms with Crippen LogP contribution in [0.3, 0.4) is 0 Å². The van der Waals surface area contributed by atoms with Crippen molar-refractivity contribution in [1.29, 1.82) is 0 Å². The lowest BCUT2D eigenvalue weighted by Gasteiger charge is -2.25. The summed E-state index contributed by atoms with van der Waals surface area (Å²) in [5, 5.41) is 11.9. The van der Waals surface area contributed by atoms with Crippen molar-refractivity contribution in [3.63, 3.8) is 0 Å². The number of aliphatic hydroxyl groups is 1. The van der Waals surface area contributed by atoms with E-state index < -0.39 is 12.7 Å². The molecule has 1 aromatic rings. The van der Waals surface area contributed by atoms with Crippen LogP contribution >= 0.6 is 0 Å². The Balaban J connectivity index is 2.83. The number of nitrogens with one attached hydrogen (secondary N) is 1. The van der Waals surface area contributed by atoms with Crippen LogP contribution in [0.5, 0.6) is 0 Å². The van der Waals surface area contributed by atoms with E-state index in [9.17, 15) is 13.2 Å². The lowest BCUT2D eigenvalue weighted by molar-refractivity contribution is -0.119. The molecule has 7 heteroatoms. The summed E-state index contributed by atoms with van der Waals surface area (Å²) in [6.07, 6.45) is -1.96. The molecule has 108 valence electrons. The van der Waals surface area contributed by atoms with Gasteiger partial charge in [0.25, 0.3) is 0 Å². The van der Waals surface area contributed by atoms with Crippen LogP contribution in [-0.2, 0) is 0 Å². The first-order valence-electron chi connectivity index (χ1n) is 6.08. The van der Waals surface area contributed by atoms with Gasteiger partial charge in [0, 0.05) is 31.0 Å². The smallest absolute Gasteiger partial charge is 0.395 e. The predicted molar refractivity (Wildman–Crippen MR) is 68.4 cm³/mol. The molecule has 0 aromatic carbocycles. The van der Waals surface area contributed by atoms with Gasteiger partial charge in [0.15, 0.2) is 0 Å². The maximum atomic E-state index is 12.5. The normalized spacial score (nSPS) is 11.4. The van der Waals surface area contributed by atoms with Crippen LogP contribution < -0.4 is 10.2 Å². The van der Waals surface area contributed by atoms with E-state index in [-0.39, 0.29) is 13.2 Å². The number of rotatable bonds is 7. The molecule has 4 nitrogen and oxygen atoms in total. The molecule has 19 heavy (non-hydrogen) atoms. The lowest BCUT2D eigenvalue weighted by Crippen LogP contribution is -2.36. The van der Waals surface area contributed by atoms with Crippen LogP contribution in [0, 0.1) is 0 Å². The molecule has 1 heterocycles. The first kappa shape index (κ1) is 15.6. The fourth-order valence-electron chi connectivity index (χ4n) is 1.60. The highest BCUT2D eigenvalue weighted by atomic mass is 19.4. The molecule has 2 N–H and O–H groups in total. The second-order valence-corrected chi connectivity index (χ2v) is 4.09.